The normalized spacial score (nSPS) is 11.3. The van der Waals surface area contributed by atoms with Crippen LogP contribution in [0.2, 0.25) is 0 Å². The van der Waals surface area contributed by atoms with Gasteiger partial charge in [-0.1, -0.05) is 42.0 Å². The van der Waals surface area contributed by atoms with Crippen molar-refractivity contribution in [3.63, 3.8) is 0 Å². The topological polar surface area (TPSA) is 73.8 Å². The minimum atomic E-state index is -0.00710. The molecule has 132 valence electrons. The van der Waals surface area contributed by atoms with E-state index in [1.165, 1.54) is 11.8 Å². The summed E-state index contributed by atoms with van der Waals surface area (Å²) >= 11 is 3.01. The zero-order valence-electron chi connectivity index (χ0n) is 14.1. The lowest BCUT2D eigenvalue weighted by atomic mass is 10.2. The standard InChI is InChI=1S/C18H16N4O2S2/c1-2-9-22-17(23)12-6-3-4-7-13(12)19-18(22)26-11-15-20-16(24-21-15)14-8-5-10-25-14/h3-8,10H,2,9,11H2,1H3. The van der Waals surface area contributed by atoms with Gasteiger partial charge >= 0.3 is 0 Å². The van der Waals surface area contributed by atoms with Crippen LogP contribution in [0.1, 0.15) is 19.2 Å². The lowest BCUT2D eigenvalue weighted by Gasteiger charge is -2.11. The van der Waals surface area contributed by atoms with Crippen molar-refractivity contribution in [3.8, 4) is 10.8 Å². The Labute approximate surface area is 157 Å². The number of hydrogen-bond acceptors (Lipinski definition) is 7. The Bertz CT molecular complexity index is 1090. The van der Waals surface area contributed by atoms with Crippen molar-refractivity contribution in [1.82, 2.24) is 19.7 Å². The monoisotopic (exact) mass is 384 g/mol. The van der Waals surface area contributed by atoms with Crippen molar-refractivity contribution >= 4 is 34.0 Å². The van der Waals surface area contributed by atoms with Crippen LogP contribution in [0, 0.1) is 0 Å². The van der Waals surface area contributed by atoms with Gasteiger partial charge in [-0.15, -0.1) is 11.3 Å². The Hall–Kier alpha value is -2.45. The van der Waals surface area contributed by atoms with Crippen molar-refractivity contribution in [2.75, 3.05) is 0 Å². The van der Waals surface area contributed by atoms with Crippen LogP contribution in [0.25, 0.3) is 21.7 Å². The molecule has 3 heterocycles. The molecule has 0 aliphatic carbocycles. The summed E-state index contributed by atoms with van der Waals surface area (Å²) in [6.07, 6.45) is 0.859. The maximum atomic E-state index is 12.8. The average molecular weight is 384 g/mol. The summed E-state index contributed by atoms with van der Waals surface area (Å²) in [5.41, 5.74) is 0.701. The smallest absolute Gasteiger partial charge is 0.268 e. The Morgan fingerprint density at radius 2 is 2.08 bits per heavy atom. The molecule has 0 N–H and O–H groups in total. The highest BCUT2D eigenvalue weighted by atomic mass is 32.2. The number of nitrogens with zero attached hydrogens (tertiary/aromatic N) is 4. The van der Waals surface area contributed by atoms with Gasteiger partial charge in [0.15, 0.2) is 11.0 Å². The van der Waals surface area contributed by atoms with E-state index >= 15 is 0 Å². The van der Waals surface area contributed by atoms with Crippen molar-refractivity contribution in [1.29, 1.82) is 0 Å². The first kappa shape index (κ1) is 17.0. The predicted octanol–water partition coefficient (Wildman–Crippen LogP) is 4.21. The molecular weight excluding hydrogens is 368 g/mol. The zero-order chi connectivity index (χ0) is 17.9. The van der Waals surface area contributed by atoms with Crippen LogP contribution >= 0.6 is 23.1 Å². The minimum Gasteiger partial charge on any atom is -0.333 e. The number of para-hydroxylation sites is 1. The summed E-state index contributed by atoms with van der Waals surface area (Å²) in [6.45, 7) is 2.67. The molecule has 8 heteroatoms. The van der Waals surface area contributed by atoms with Gasteiger partial charge in [0.05, 0.1) is 21.5 Å². The van der Waals surface area contributed by atoms with E-state index in [1.54, 1.807) is 15.9 Å². The fourth-order valence-corrected chi connectivity index (χ4v) is 4.13. The first-order chi connectivity index (χ1) is 12.8. The number of rotatable bonds is 6. The molecule has 0 spiro atoms. The Kier molecular flexibility index (Phi) is 4.85. The predicted molar refractivity (Wildman–Crippen MR) is 103 cm³/mol. The van der Waals surface area contributed by atoms with Crippen molar-refractivity contribution in [2.24, 2.45) is 0 Å². The third kappa shape index (κ3) is 3.30. The molecule has 0 amide bonds. The molecular formula is C18H16N4O2S2. The van der Waals surface area contributed by atoms with Crippen molar-refractivity contribution in [2.45, 2.75) is 30.8 Å². The molecule has 1 aromatic carbocycles. The summed E-state index contributed by atoms with van der Waals surface area (Å²) in [6, 6.07) is 11.3. The van der Waals surface area contributed by atoms with Crippen LogP contribution in [0.5, 0.6) is 0 Å². The maximum absolute atomic E-state index is 12.8. The van der Waals surface area contributed by atoms with Gasteiger partial charge in [0.1, 0.15) is 0 Å². The van der Waals surface area contributed by atoms with Crippen LogP contribution in [0.3, 0.4) is 0 Å². The summed E-state index contributed by atoms with van der Waals surface area (Å²) in [5.74, 6) is 1.60. The molecule has 0 aliphatic heterocycles. The van der Waals surface area contributed by atoms with Gasteiger partial charge in [0.2, 0.25) is 0 Å². The highest BCUT2D eigenvalue weighted by molar-refractivity contribution is 7.98. The second-order valence-electron chi connectivity index (χ2n) is 5.65. The first-order valence-corrected chi connectivity index (χ1v) is 10.1. The van der Waals surface area contributed by atoms with Crippen molar-refractivity contribution in [3.05, 3.63) is 58.0 Å². The second-order valence-corrected chi connectivity index (χ2v) is 7.54. The van der Waals surface area contributed by atoms with E-state index in [2.05, 4.69) is 15.1 Å². The molecule has 3 aromatic heterocycles. The summed E-state index contributed by atoms with van der Waals surface area (Å²) in [5, 5.41) is 7.32. The molecule has 0 atom stereocenters. The molecule has 0 bridgehead atoms. The third-order valence-corrected chi connectivity index (χ3v) is 5.63. The molecule has 4 aromatic rings. The molecule has 0 saturated heterocycles. The SMILES string of the molecule is CCCn1c(SCc2noc(-c3cccs3)n2)nc2ccccc2c1=O. The zero-order valence-corrected chi connectivity index (χ0v) is 15.7. The number of thiophene rings is 1. The fraction of sp³-hybridized carbons (Fsp3) is 0.222. The van der Waals surface area contributed by atoms with E-state index in [0.717, 1.165) is 11.3 Å². The molecule has 0 aliphatic rings. The summed E-state index contributed by atoms with van der Waals surface area (Å²) in [7, 11) is 0. The quantitative estimate of drug-likeness (QED) is 0.366. The van der Waals surface area contributed by atoms with Crippen LogP contribution in [0.15, 0.2) is 56.3 Å². The van der Waals surface area contributed by atoms with E-state index in [9.17, 15) is 4.79 Å². The second kappa shape index (κ2) is 7.43. The van der Waals surface area contributed by atoms with Crippen LogP contribution in [-0.4, -0.2) is 19.7 Å². The van der Waals surface area contributed by atoms with E-state index in [0.29, 0.717) is 40.1 Å². The summed E-state index contributed by atoms with van der Waals surface area (Å²) in [4.78, 5) is 22.8. The van der Waals surface area contributed by atoms with Gasteiger partial charge in [0.25, 0.3) is 11.4 Å². The number of hydrogen-bond donors (Lipinski definition) is 0. The molecule has 4 rings (SSSR count). The lowest BCUT2D eigenvalue weighted by Crippen LogP contribution is -2.23. The molecule has 0 fully saturated rings. The molecule has 26 heavy (non-hydrogen) atoms. The largest absolute Gasteiger partial charge is 0.333 e. The maximum Gasteiger partial charge on any atom is 0.268 e. The number of thioether (sulfide) groups is 1. The Morgan fingerprint density at radius 1 is 1.19 bits per heavy atom. The number of aromatic nitrogens is 4. The van der Waals surface area contributed by atoms with Gasteiger partial charge in [-0.3, -0.25) is 9.36 Å². The number of fused-ring (bicyclic) bond motifs is 1. The third-order valence-electron chi connectivity index (χ3n) is 3.80. The summed E-state index contributed by atoms with van der Waals surface area (Å²) < 4.78 is 7.05. The molecule has 0 saturated carbocycles. The molecule has 6 nitrogen and oxygen atoms in total. The van der Waals surface area contributed by atoms with E-state index < -0.39 is 0 Å². The highest BCUT2D eigenvalue weighted by Gasteiger charge is 2.14. The Balaban J connectivity index is 1.62. The van der Waals surface area contributed by atoms with Gasteiger partial charge in [0, 0.05) is 6.54 Å². The highest BCUT2D eigenvalue weighted by Crippen LogP contribution is 2.25. The van der Waals surface area contributed by atoms with E-state index in [4.69, 9.17) is 4.52 Å². The van der Waals surface area contributed by atoms with Gasteiger partial charge in [-0.2, -0.15) is 4.98 Å². The van der Waals surface area contributed by atoms with Crippen LogP contribution in [0.4, 0.5) is 0 Å². The van der Waals surface area contributed by atoms with Crippen molar-refractivity contribution < 1.29 is 4.52 Å². The molecule has 0 unspecified atom stereocenters. The minimum absolute atomic E-state index is 0.00710. The average Bonchev–Trinajstić information content (AvgIpc) is 3.34. The van der Waals surface area contributed by atoms with Crippen LogP contribution < -0.4 is 5.56 Å². The van der Waals surface area contributed by atoms with E-state index in [-0.39, 0.29) is 5.56 Å². The molecule has 0 radical (unpaired) electrons. The number of benzene rings is 1. The lowest BCUT2D eigenvalue weighted by molar-refractivity contribution is 0.426. The van der Waals surface area contributed by atoms with Crippen LogP contribution in [-0.2, 0) is 12.3 Å². The van der Waals surface area contributed by atoms with Gasteiger partial charge in [-0.05, 0) is 30.0 Å². The first-order valence-electron chi connectivity index (χ1n) is 8.25. The van der Waals surface area contributed by atoms with Gasteiger partial charge in [-0.25, -0.2) is 4.98 Å². The van der Waals surface area contributed by atoms with Gasteiger partial charge < -0.3 is 4.52 Å². The van der Waals surface area contributed by atoms with E-state index in [1.807, 2.05) is 48.7 Å². The fourth-order valence-electron chi connectivity index (χ4n) is 2.62. The Morgan fingerprint density at radius 3 is 2.88 bits per heavy atom.